The van der Waals surface area contributed by atoms with Crippen LogP contribution in [0.25, 0.3) is 22.4 Å². The van der Waals surface area contributed by atoms with Crippen LogP contribution in [0.4, 0.5) is 5.95 Å². The van der Waals surface area contributed by atoms with Gasteiger partial charge in [-0.25, -0.2) is 8.97 Å². The van der Waals surface area contributed by atoms with E-state index in [4.69, 9.17) is 0 Å². The molecule has 28 heavy (non-hydrogen) atoms. The van der Waals surface area contributed by atoms with Crippen molar-refractivity contribution in [3.8, 4) is 5.69 Å². The van der Waals surface area contributed by atoms with E-state index in [2.05, 4.69) is 27.0 Å². The molecule has 1 aliphatic heterocycles. The standard InChI is InChI=1S/C21H22N6O/c1-15-7-3-5-9-17(15)26-19(28)16-8-4-6-10-18(16)27-20(22-23-21(26)27)25-13-11-24(2)12-14-25/h3-10H,11-14H2,1-2H3. The fraction of sp³-hybridized carbons (Fsp3) is 0.286. The van der Waals surface area contributed by atoms with Gasteiger partial charge in [-0.15, -0.1) is 10.2 Å². The number of para-hydroxylation sites is 2. The molecule has 2 aromatic carbocycles. The van der Waals surface area contributed by atoms with Crippen LogP contribution in [0.2, 0.25) is 0 Å². The monoisotopic (exact) mass is 374 g/mol. The number of piperazine rings is 1. The quantitative estimate of drug-likeness (QED) is 0.538. The maximum absolute atomic E-state index is 13.4. The maximum Gasteiger partial charge on any atom is 0.267 e. The van der Waals surface area contributed by atoms with Crippen molar-refractivity contribution in [1.29, 1.82) is 0 Å². The molecule has 4 aromatic rings. The van der Waals surface area contributed by atoms with Crippen molar-refractivity contribution in [2.75, 3.05) is 38.1 Å². The molecular formula is C21H22N6O. The lowest BCUT2D eigenvalue weighted by atomic mass is 10.2. The topological polar surface area (TPSA) is 58.7 Å². The second-order valence-electron chi connectivity index (χ2n) is 7.37. The van der Waals surface area contributed by atoms with Crippen LogP contribution in [0.3, 0.4) is 0 Å². The van der Waals surface area contributed by atoms with Gasteiger partial charge in [0.05, 0.1) is 16.6 Å². The van der Waals surface area contributed by atoms with Crippen molar-refractivity contribution in [2.24, 2.45) is 0 Å². The summed E-state index contributed by atoms with van der Waals surface area (Å²) in [4.78, 5) is 17.9. The highest BCUT2D eigenvalue weighted by Gasteiger charge is 2.23. The van der Waals surface area contributed by atoms with Gasteiger partial charge in [0, 0.05) is 26.2 Å². The van der Waals surface area contributed by atoms with E-state index in [0.29, 0.717) is 11.2 Å². The SMILES string of the molecule is Cc1ccccc1-n1c(=O)c2ccccc2n2c(N3CCN(C)CC3)nnc12. The lowest BCUT2D eigenvalue weighted by Gasteiger charge is -2.32. The highest BCUT2D eigenvalue weighted by atomic mass is 16.1. The molecule has 0 spiro atoms. The summed E-state index contributed by atoms with van der Waals surface area (Å²) < 4.78 is 3.71. The normalized spacial score (nSPS) is 15.6. The number of aryl methyl sites for hydroxylation is 1. The molecule has 5 rings (SSSR count). The first-order valence-electron chi connectivity index (χ1n) is 9.53. The van der Waals surface area contributed by atoms with E-state index in [0.717, 1.165) is 48.9 Å². The van der Waals surface area contributed by atoms with Crippen LogP contribution in [0.1, 0.15) is 5.56 Å². The molecule has 1 aliphatic rings. The number of hydrogen-bond acceptors (Lipinski definition) is 5. The van der Waals surface area contributed by atoms with Gasteiger partial charge in [0.2, 0.25) is 11.7 Å². The molecule has 1 saturated heterocycles. The minimum atomic E-state index is -0.0743. The highest BCUT2D eigenvalue weighted by molar-refractivity contribution is 5.82. The second kappa shape index (κ2) is 6.45. The van der Waals surface area contributed by atoms with Crippen LogP contribution in [0.5, 0.6) is 0 Å². The molecule has 7 heteroatoms. The van der Waals surface area contributed by atoms with Crippen molar-refractivity contribution in [1.82, 2.24) is 24.1 Å². The van der Waals surface area contributed by atoms with E-state index in [1.807, 2.05) is 59.9 Å². The largest absolute Gasteiger partial charge is 0.338 e. The Bertz CT molecular complexity index is 1230. The molecular weight excluding hydrogens is 352 g/mol. The van der Waals surface area contributed by atoms with Crippen LogP contribution in [-0.2, 0) is 0 Å². The summed E-state index contributed by atoms with van der Waals surface area (Å²) in [6, 6.07) is 15.6. The van der Waals surface area contributed by atoms with Crippen LogP contribution >= 0.6 is 0 Å². The highest BCUT2D eigenvalue weighted by Crippen LogP contribution is 2.23. The molecule has 0 atom stereocenters. The van der Waals surface area contributed by atoms with Crippen molar-refractivity contribution in [3.05, 3.63) is 64.4 Å². The Balaban J connectivity index is 1.85. The Kier molecular flexibility index (Phi) is 3.91. The van der Waals surface area contributed by atoms with Crippen molar-refractivity contribution >= 4 is 22.6 Å². The van der Waals surface area contributed by atoms with Crippen LogP contribution in [0.15, 0.2) is 53.3 Å². The maximum atomic E-state index is 13.4. The summed E-state index contributed by atoms with van der Waals surface area (Å²) in [6.07, 6.45) is 0. The number of aromatic nitrogens is 4. The summed E-state index contributed by atoms with van der Waals surface area (Å²) in [5.41, 5.74) is 2.62. The predicted octanol–water partition coefficient (Wildman–Crippen LogP) is 2.09. The molecule has 0 unspecified atom stereocenters. The fourth-order valence-corrected chi connectivity index (χ4v) is 3.93. The lowest BCUT2D eigenvalue weighted by molar-refractivity contribution is 0.311. The molecule has 0 saturated carbocycles. The Labute approximate surface area is 162 Å². The molecule has 7 nitrogen and oxygen atoms in total. The number of nitrogens with zero attached hydrogens (tertiary/aromatic N) is 6. The zero-order valence-corrected chi connectivity index (χ0v) is 16.0. The molecule has 1 fully saturated rings. The number of hydrogen-bond donors (Lipinski definition) is 0. The summed E-state index contributed by atoms with van der Waals surface area (Å²) in [5.74, 6) is 1.34. The number of likely N-dealkylation sites (N-methyl/N-ethyl adjacent to an activating group) is 1. The average Bonchev–Trinajstić information content (AvgIpc) is 3.15. The summed E-state index contributed by atoms with van der Waals surface area (Å²) in [5, 5.41) is 9.63. The summed E-state index contributed by atoms with van der Waals surface area (Å²) >= 11 is 0. The van der Waals surface area contributed by atoms with Gasteiger partial charge in [-0.05, 0) is 37.7 Å². The van der Waals surface area contributed by atoms with Gasteiger partial charge < -0.3 is 9.80 Å². The minimum absolute atomic E-state index is 0.0743. The number of anilines is 1. The molecule has 3 heterocycles. The number of fused-ring (bicyclic) bond motifs is 3. The third kappa shape index (κ3) is 2.51. The Hall–Kier alpha value is -3.19. The van der Waals surface area contributed by atoms with Gasteiger partial charge >= 0.3 is 0 Å². The molecule has 2 aromatic heterocycles. The number of benzene rings is 2. The van der Waals surface area contributed by atoms with Gasteiger partial charge in [-0.3, -0.25) is 4.79 Å². The van der Waals surface area contributed by atoms with Gasteiger partial charge in [-0.2, -0.15) is 0 Å². The first-order chi connectivity index (χ1) is 13.6. The van der Waals surface area contributed by atoms with Gasteiger partial charge in [0.15, 0.2) is 0 Å². The average molecular weight is 374 g/mol. The van der Waals surface area contributed by atoms with E-state index >= 15 is 0 Å². The van der Waals surface area contributed by atoms with E-state index in [9.17, 15) is 4.79 Å². The predicted molar refractivity (Wildman–Crippen MR) is 111 cm³/mol. The zero-order valence-electron chi connectivity index (χ0n) is 16.0. The summed E-state index contributed by atoms with van der Waals surface area (Å²) in [7, 11) is 2.13. The van der Waals surface area contributed by atoms with E-state index in [1.165, 1.54) is 0 Å². The first-order valence-corrected chi connectivity index (χ1v) is 9.53. The van der Waals surface area contributed by atoms with E-state index in [1.54, 1.807) is 4.57 Å². The zero-order chi connectivity index (χ0) is 19.3. The Morgan fingerprint density at radius 2 is 1.61 bits per heavy atom. The number of rotatable bonds is 2. The lowest BCUT2D eigenvalue weighted by Crippen LogP contribution is -2.45. The van der Waals surface area contributed by atoms with E-state index in [-0.39, 0.29) is 5.56 Å². The van der Waals surface area contributed by atoms with Crippen LogP contribution in [-0.4, -0.2) is 57.3 Å². The Morgan fingerprint density at radius 3 is 2.39 bits per heavy atom. The molecule has 0 aliphatic carbocycles. The minimum Gasteiger partial charge on any atom is -0.338 e. The first kappa shape index (κ1) is 16.9. The molecule has 0 radical (unpaired) electrons. The molecule has 142 valence electrons. The third-order valence-electron chi connectivity index (χ3n) is 5.55. The van der Waals surface area contributed by atoms with Crippen LogP contribution in [0, 0.1) is 6.92 Å². The second-order valence-corrected chi connectivity index (χ2v) is 7.37. The van der Waals surface area contributed by atoms with Gasteiger partial charge in [0.25, 0.3) is 5.56 Å². The smallest absolute Gasteiger partial charge is 0.267 e. The van der Waals surface area contributed by atoms with Crippen LogP contribution < -0.4 is 10.5 Å². The summed E-state index contributed by atoms with van der Waals surface area (Å²) in [6.45, 7) is 5.73. The van der Waals surface area contributed by atoms with Crippen molar-refractivity contribution < 1.29 is 0 Å². The van der Waals surface area contributed by atoms with Crippen molar-refractivity contribution in [3.63, 3.8) is 0 Å². The molecule has 0 N–H and O–H groups in total. The Morgan fingerprint density at radius 1 is 0.893 bits per heavy atom. The fourth-order valence-electron chi connectivity index (χ4n) is 3.93. The van der Waals surface area contributed by atoms with Crippen molar-refractivity contribution in [2.45, 2.75) is 6.92 Å². The van der Waals surface area contributed by atoms with Gasteiger partial charge in [0.1, 0.15) is 0 Å². The van der Waals surface area contributed by atoms with Gasteiger partial charge in [-0.1, -0.05) is 30.3 Å². The molecule has 0 amide bonds. The molecule has 0 bridgehead atoms. The third-order valence-corrected chi connectivity index (χ3v) is 5.55. The van der Waals surface area contributed by atoms with E-state index < -0.39 is 0 Å².